The largest absolute Gasteiger partial charge is 0.416 e. The molecule has 1 heterocycles. The first-order chi connectivity index (χ1) is 15.5. The first-order valence-corrected chi connectivity index (χ1v) is 10.6. The van der Waals surface area contributed by atoms with Crippen molar-refractivity contribution < 1.29 is 22.0 Å². The Kier molecular flexibility index (Phi) is 7.41. The monoisotopic (exact) mass is 471 g/mol. The van der Waals surface area contributed by atoms with Gasteiger partial charge in [-0.3, -0.25) is 9.80 Å². The third-order valence-corrected chi connectivity index (χ3v) is 5.94. The van der Waals surface area contributed by atoms with Crippen molar-refractivity contribution in [1.82, 2.24) is 9.78 Å². The lowest BCUT2D eigenvalue weighted by atomic mass is 9.85. The van der Waals surface area contributed by atoms with Crippen molar-refractivity contribution >= 4 is 5.82 Å². The van der Waals surface area contributed by atoms with Crippen molar-refractivity contribution in [3.05, 3.63) is 68.8 Å². The summed E-state index contributed by atoms with van der Waals surface area (Å²) in [6, 6.07) is 6.32. The number of nitrogens with two attached hydrogens (primary N) is 2. The van der Waals surface area contributed by atoms with Gasteiger partial charge in [-0.1, -0.05) is 37.5 Å². The highest BCUT2D eigenvalue weighted by molar-refractivity contribution is 5.46. The molecule has 1 fully saturated rings. The van der Waals surface area contributed by atoms with E-state index in [0.717, 1.165) is 47.9 Å². The Balaban J connectivity index is 2.13. The van der Waals surface area contributed by atoms with Gasteiger partial charge in [-0.25, -0.2) is 19.3 Å². The molecule has 11 heteroatoms. The van der Waals surface area contributed by atoms with Gasteiger partial charge >= 0.3 is 6.18 Å². The highest BCUT2D eigenvalue weighted by Gasteiger charge is 2.33. The molecule has 1 aromatic carbocycles. The Morgan fingerprint density at radius 2 is 1.85 bits per heavy atom. The van der Waals surface area contributed by atoms with Crippen LogP contribution in [0.5, 0.6) is 0 Å². The molecule has 180 valence electrons. The van der Waals surface area contributed by atoms with E-state index in [1.165, 1.54) is 31.2 Å². The number of alkyl halides is 5. The second kappa shape index (κ2) is 9.90. The molecule has 0 aliphatic heterocycles. The molecule has 1 aliphatic rings. The molecule has 1 aromatic heterocycles. The summed E-state index contributed by atoms with van der Waals surface area (Å²) in [5, 5.41) is 4.94. The predicted octanol–water partition coefficient (Wildman–Crippen LogP) is 4.49. The topological polar surface area (TPSA) is 90.2 Å². The molecule has 0 radical (unpaired) electrons. The Labute approximate surface area is 187 Å². The number of allylic oxidation sites excluding steroid dienone is 2. The molecule has 0 saturated heterocycles. The van der Waals surface area contributed by atoms with Crippen molar-refractivity contribution in [2.75, 3.05) is 5.01 Å². The number of nitrogens with zero attached hydrogens (tertiary/aromatic N) is 3. The Hall–Kier alpha value is -2.95. The van der Waals surface area contributed by atoms with E-state index in [2.05, 4.69) is 5.10 Å². The molecule has 6 nitrogen and oxygen atoms in total. The zero-order valence-corrected chi connectivity index (χ0v) is 18.1. The lowest BCUT2D eigenvalue weighted by Crippen LogP contribution is -2.37. The predicted molar refractivity (Wildman–Crippen MR) is 114 cm³/mol. The van der Waals surface area contributed by atoms with Crippen LogP contribution in [0.25, 0.3) is 0 Å². The van der Waals surface area contributed by atoms with E-state index in [4.69, 9.17) is 11.6 Å². The smallest absolute Gasteiger partial charge is 0.396 e. The summed E-state index contributed by atoms with van der Waals surface area (Å²) in [5.74, 6) is 5.81. The summed E-state index contributed by atoms with van der Waals surface area (Å²) < 4.78 is 67.5. The zero-order valence-electron chi connectivity index (χ0n) is 18.1. The van der Waals surface area contributed by atoms with Gasteiger partial charge in [0.05, 0.1) is 23.5 Å². The standard InChI is InChI=1S/C22H26F5N5O/c1-13(19(28)20(23)24)32(29)18-11-16(14-7-3-2-4-8-14)21(33)31(30-18)12-15-9-5-6-10-17(15)22(25,26)27/h5-6,9-11,14,20H,2-4,7-8,12,28-29H2,1H3/b19-13-. The van der Waals surface area contributed by atoms with Crippen LogP contribution >= 0.6 is 0 Å². The average Bonchev–Trinajstić information content (AvgIpc) is 2.79. The second-order valence-corrected chi connectivity index (χ2v) is 8.12. The maximum absolute atomic E-state index is 13.5. The van der Waals surface area contributed by atoms with Gasteiger partial charge in [-0.05, 0) is 43.4 Å². The first-order valence-electron chi connectivity index (χ1n) is 10.6. The lowest BCUT2D eigenvalue weighted by molar-refractivity contribution is -0.138. The van der Waals surface area contributed by atoms with Crippen molar-refractivity contribution in [1.29, 1.82) is 0 Å². The van der Waals surface area contributed by atoms with Crippen LogP contribution in [0, 0.1) is 0 Å². The maximum Gasteiger partial charge on any atom is 0.416 e. The van der Waals surface area contributed by atoms with Crippen molar-refractivity contribution in [3.63, 3.8) is 0 Å². The molecule has 0 amide bonds. The van der Waals surface area contributed by atoms with Gasteiger partial charge in [0, 0.05) is 5.56 Å². The van der Waals surface area contributed by atoms with E-state index >= 15 is 0 Å². The Bertz CT molecular complexity index is 1070. The number of halogens is 5. The van der Waals surface area contributed by atoms with Crippen LogP contribution in [0.15, 0.2) is 46.5 Å². The molecule has 33 heavy (non-hydrogen) atoms. The lowest BCUT2D eigenvalue weighted by Gasteiger charge is -2.25. The summed E-state index contributed by atoms with van der Waals surface area (Å²) in [4.78, 5) is 13.2. The number of aromatic nitrogens is 2. The highest BCUT2D eigenvalue weighted by Crippen LogP contribution is 2.34. The number of rotatable bonds is 6. The van der Waals surface area contributed by atoms with E-state index in [0.29, 0.717) is 5.56 Å². The minimum atomic E-state index is -4.62. The Morgan fingerprint density at radius 1 is 1.21 bits per heavy atom. The van der Waals surface area contributed by atoms with E-state index < -0.39 is 36.0 Å². The highest BCUT2D eigenvalue weighted by atomic mass is 19.4. The maximum atomic E-state index is 13.5. The molecule has 4 N–H and O–H groups in total. The number of benzene rings is 1. The van der Waals surface area contributed by atoms with Crippen molar-refractivity contribution in [2.45, 2.75) is 64.1 Å². The van der Waals surface area contributed by atoms with Crippen LogP contribution in [-0.4, -0.2) is 16.2 Å². The molecular formula is C22H26F5N5O. The van der Waals surface area contributed by atoms with Crippen molar-refractivity contribution in [3.8, 4) is 0 Å². The number of hydrogen-bond acceptors (Lipinski definition) is 5. The van der Waals surface area contributed by atoms with Gasteiger partial charge in [0.1, 0.15) is 0 Å². The minimum Gasteiger partial charge on any atom is -0.396 e. The molecule has 0 spiro atoms. The van der Waals surface area contributed by atoms with E-state index in [1.54, 1.807) is 0 Å². The summed E-state index contributed by atoms with van der Waals surface area (Å²) in [7, 11) is 0. The van der Waals surface area contributed by atoms with Gasteiger partial charge < -0.3 is 5.73 Å². The third-order valence-electron chi connectivity index (χ3n) is 5.94. The average molecular weight is 471 g/mol. The molecule has 3 rings (SSSR count). The van der Waals surface area contributed by atoms with Crippen LogP contribution in [0.3, 0.4) is 0 Å². The van der Waals surface area contributed by atoms with Gasteiger partial charge in [0.25, 0.3) is 12.0 Å². The van der Waals surface area contributed by atoms with Crippen molar-refractivity contribution in [2.24, 2.45) is 11.6 Å². The normalized spacial score (nSPS) is 16.1. The number of anilines is 1. The number of hydrazine groups is 1. The van der Waals surface area contributed by atoms with E-state index in [-0.39, 0.29) is 23.0 Å². The van der Waals surface area contributed by atoms with E-state index in [9.17, 15) is 26.7 Å². The van der Waals surface area contributed by atoms with Crippen LogP contribution in [-0.2, 0) is 12.7 Å². The minimum absolute atomic E-state index is 0.0548. The fourth-order valence-electron chi connectivity index (χ4n) is 4.04. The fraction of sp³-hybridized carbons (Fsp3) is 0.455. The molecule has 0 atom stereocenters. The summed E-state index contributed by atoms with van der Waals surface area (Å²) in [5.41, 5.74) is 3.28. The van der Waals surface area contributed by atoms with Gasteiger partial charge in [0.15, 0.2) is 5.82 Å². The van der Waals surface area contributed by atoms with Crippen LogP contribution in [0.4, 0.5) is 27.8 Å². The fourth-order valence-corrected chi connectivity index (χ4v) is 4.04. The van der Waals surface area contributed by atoms with Crippen LogP contribution in [0.2, 0.25) is 0 Å². The molecule has 0 unspecified atom stereocenters. The quantitative estimate of drug-likeness (QED) is 0.368. The van der Waals surface area contributed by atoms with Crippen LogP contribution in [0.1, 0.15) is 61.6 Å². The third kappa shape index (κ3) is 5.52. The zero-order chi connectivity index (χ0) is 24.3. The molecule has 1 saturated carbocycles. The van der Waals surface area contributed by atoms with Gasteiger partial charge in [-0.15, -0.1) is 5.10 Å². The SMILES string of the molecule is C/C(=C(/N)C(F)F)N(N)c1cc(C2CCCCC2)c(=O)n(Cc2ccccc2C(F)(F)F)n1. The summed E-state index contributed by atoms with van der Waals surface area (Å²) in [6.45, 7) is 0.820. The summed E-state index contributed by atoms with van der Waals surface area (Å²) in [6.07, 6.45) is -3.28. The first kappa shape index (κ1) is 24.7. The second-order valence-electron chi connectivity index (χ2n) is 8.12. The number of hydrogen-bond donors (Lipinski definition) is 2. The van der Waals surface area contributed by atoms with Crippen LogP contribution < -0.4 is 22.1 Å². The molecular weight excluding hydrogens is 445 g/mol. The molecule has 1 aliphatic carbocycles. The van der Waals surface area contributed by atoms with Gasteiger partial charge in [-0.2, -0.15) is 13.2 Å². The molecule has 2 aromatic rings. The Morgan fingerprint density at radius 3 is 2.45 bits per heavy atom. The van der Waals surface area contributed by atoms with E-state index in [1.807, 2.05) is 0 Å². The summed E-state index contributed by atoms with van der Waals surface area (Å²) >= 11 is 0. The van der Waals surface area contributed by atoms with Gasteiger partial charge in [0.2, 0.25) is 0 Å². The molecule has 0 bridgehead atoms.